The third kappa shape index (κ3) is 8.19. The van der Waals surface area contributed by atoms with Crippen LogP contribution < -0.4 is 21.7 Å². The Labute approximate surface area is 173 Å². The van der Waals surface area contributed by atoms with Gasteiger partial charge in [-0.15, -0.1) is 0 Å². The Morgan fingerprint density at radius 2 is 1.61 bits per heavy atom. The molecule has 3 amide bonds. The molecular formula is C17H24N4O5S2. The zero-order valence-electron chi connectivity index (χ0n) is 15.0. The first kappa shape index (κ1) is 23.8. The van der Waals surface area contributed by atoms with Crippen LogP contribution in [0.25, 0.3) is 0 Å². The summed E-state index contributed by atoms with van der Waals surface area (Å²) in [7, 11) is 0. The molecular weight excluding hydrogens is 404 g/mol. The van der Waals surface area contributed by atoms with E-state index in [9.17, 15) is 24.3 Å². The van der Waals surface area contributed by atoms with Crippen molar-refractivity contribution in [1.29, 1.82) is 0 Å². The lowest BCUT2D eigenvalue weighted by Gasteiger charge is -2.20. The highest BCUT2D eigenvalue weighted by atomic mass is 32.1. The van der Waals surface area contributed by atoms with E-state index >= 15 is 0 Å². The summed E-state index contributed by atoms with van der Waals surface area (Å²) >= 11 is 7.90. The molecule has 0 aliphatic heterocycles. The van der Waals surface area contributed by atoms with Crippen LogP contribution in [0.4, 0.5) is 0 Å². The van der Waals surface area contributed by atoms with E-state index < -0.39 is 41.8 Å². The number of nitrogens with two attached hydrogens (primary N) is 1. The van der Waals surface area contributed by atoms with Crippen LogP contribution in [-0.4, -0.2) is 65.0 Å². The fraction of sp³-hybridized carbons (Fsp3) is 0.412. The van der Waals surface area contributed by atoms with Gasteiger partial charge in [0.05, 0.1) is 12.6 Å². The van der Waals surface area contributed by atoms with E-state index in [1.165, 1.54) is 0 Å². The van der Waals surface area contributed by atoms with Gasteiger partial charge >= 0.3 is 5.97 Å². The van der Waals surface area contributed by atoms with Crippen LogP contribution >= 0.6 is 25.3 Å². The molecule has 0 fully saturated rings. The van der Waals surface area contributed by atoms with E-state index in [0.29, 0.717) is 0 Å². The summed E-state index contributed by atoms with van der Waals surface area (Å²) in [6.07, 6.45) is 0.0901. The van der Waals surface area contributed by atoms with Gasteiger partial charge in [-0.1, -0.05) is 30.3 Å². The maximum absolute atomic E-state index is 12.4. The van der Waals surface area contributed by atoms with Gasteiger partial charge in [0, 0.05) is 17.9 Å². The first-order valence-corrected chi connectivity index (χ1v) is 9.66. The van der Waals surface area contributed by atoms with Gasteiger partial charge in [0.15, 0.2) is 0 Å². The highest BCUT2D eigenvalue weighted by Gasteiger charge is 2.26. The zero-order valence-corrected chi connectivity index (χ0v) is 16.8. The molecule has 0 radical (unpaired) electrons. The maximum Gasteiger partial charge on any atom is 0.326 e. The van der Waals surface area contributed by atoms with Gasteiger partial charge in [-0.05, 0) is 5.56 Å². The van der Waals surface area contributed by atoms with Crippen LogP contribution in [0.15, 0.2) is 30.3 Å². The Bertz CT molecular complexity index is 689. The van der Waals surface area contributed by atoms with Crippen molar-refractivity contribution in [3.8, 4) is 0 Å². The van der Waals surface area contributed by atoms with E-state index in [1.807, 2.05) is 0 Å². The predicted octanol–water partition coefficient (Wildman–Crippen LogP) is -1.41. The first-order valence-electron chi connectivity index (χ1n) is 8.40. The Hall–Kier alpha value is -2.24. The van der Waals surface area contributed by atoms with E-state index in [0.717, 1.165) is 5.56 Å². The number of carbonyl (C=O) groups is 4. The topological polar surface area (TPSA) is 151 Å². The van der Waals surface area contributed by atoms with Gasteiger partial charge in [0.2, 0.25) is 17.7 Å². The minimum Gasteiger partial charge on any atom is -0.480 e. The van der Waals surface area contributed by atoms with E-state index in [1.54, 1.807) is 30.3 Å². The zero-order chi connectivity index (χ0) is 21.1. The minimum absolute atomic E-state index is 0.0562. The molecule has 1 aromatic carbocycles. The Morgan fingerprint density at radius 1 is 0.964 bits per heavy atom. The van der Waals surface area contributed by atoms with Crippen molar-refractivity contribution >= 4 is 48.9 Å². The molecule has 1 aromatic rings. The summed E-state index contributed by atoms with van der Waals surface area (Å²) in [4.78, 5) is 47.3. The van der Waals surface area contributed by atoms with Gasteiger partial charge in [-0.25, -0.2) is 4.79 Å². The fourth-order valence-electron chi connectivity index (χ4n) is 2.14. The van der Waals surface area contributed by atoms with Gasteiger partial charge < -0.3 is 26.8 Å². The van der Waals surface area contributed by atoms with Crippen molar-refractivity contribution in [2.75, 3.05) is 18.1 Å². The largest absolute Gasteiger partial charge is 0.480 e. The average Bonchev–Trinajstić information content (AvgIpc) is 2.69. The molecule has 0 bridgehead atoms. The molecule has 154 valence electrons. The first-order chi connectivity index (χ1) is 13.3. The summed E-state index contributed by atoms with van der Waals surface area (Å²) in [6.45, 7) is -0.385. The molecule has 0 spiro atoms. The highest BCUT2D eigenvalue weighted by molar-refractivity contribution is 7.80. The van der Waals surface area contributed by atoms with E-state index in [2.05, 4.69) is 41.2 Å². The van der Waals surface area contributed by atoms with Crippen molar-refractivity contribution in [2.45, 2.75) is 24.5 Å². The second kappa shape index (κ2) is 12.3. The van der Waals surface area contributed by atoms with Crippen LogP contribution in [0.1, 0.15) is 5.56 Å². The summed E-state index contributed by atoms with van der Waals surface area (Å²) < 4.78 is 0. The second-order valence-electron chi connectivity index (χ2n) is 5.90. The number of carboxylic acid groups (broad SMARTS) is 1. The molecule has 3 unspecified atom stereocenters. The highest BCUT2D eigenvalue weighted by Crippen LogP contribution is 2.04. The van der Waals surface area contributed by atoms with Crippen LogP contribution in [0.5, 0.6) is 0 Å². The lowest BCUT2D eigenvalue weighted by molar-refractivity contribution is -0.142. The predicted molar refractivity (Wildman–Crippen MR) is 110 cm³/mol. The Morgan fingerprint density at radius 3 is 2.14 bits per heavy atom. The van der Waals surface area contributed by atoms with Gasteiger partial charge in [-0.2, -0.15) is 25.3 Å². The quantitative estimate of drug-likeness (QED) is 0.215. The average molecular weight is 429 g/mol. The van der Waals surface area contributed by atoms with Crippen LogP contribution in [0.3, 0.4) is 0 Å². The number of carboxylic acids is 1. The molecule has 0 aliphatic rings. The molecule has 3 atom stereocenters. The maximum atomic E-state index is 12.4. The molecule has 0 saturated carbocycles. The third-order valence-corrected chi connectivity index (χ3v) is 4.45. The smallest absolute Gasteiger partial charge is 0.326 e. The summed E-state index contributed by atoms with van der Waals surface area (Å²) in [6, 6.07) is 5.74. The fourth-order valence-corrected chi connectivity index (χ4v) is 2.57. The van der Waals surface area contributed by atoms with E-state index in [4.69, 9.17) is 5.73 Å². The molecule has 0 heterocycles. The number of rotatable bonds is 11. The lowest BCUT2D eigenvalue weighted by Crippen LogP contribution is -2.55. The lowest BCUT2D eigenvalue weighted by atomic mass is 10.1. The number of nitrogens with one attached hydrogen (secondary N) is 3. The summed E-state index contributed by atoms with van der Waals surface area (Å²) in [5, 5.41) is 16.5. The van der Waals surface area contributed by atoms with Gasteiger partial charge in [0.1, 0.15) is 12.1 Å². The molecule has 0 saturated heterocycles. The number of benzene rings is 1. The van der Waals surface area contributed by atoms with Crippen LogP contribution in [0, 0.1) is 0 Å². The Balaban J connectivity index is 2.61. The number of aliphatic carboxylic acids is 1. The monoisotopic (exact) mass is 428 g/mol. The van der Waals surface area contributed by atoms with Gasteiger partial charge in [-0.3, -0.25) is 14.4 Å². The third-order valence-electron chi connectivity index (χ3n) is 3.69. The molecule has 0 aliphatic carbocycles. The number of hydrogen-bond acceptors (Lipinski definition) is 7. The van der Waals surface area contributed by atoms with Crippen molar-refractivity contribution in [3.05, 3.63) is 35.9 Å². The number of amides is 3. The minimum atomic E-state index is -1.20. The van der Waals surface area contributed by atoms with Gasteiger partial charge in [0.25, 0.3) is 0 Å². The molecule has 0 aromatic heterocycles. The summed E-state index contributed by atoms with van der Waals surface area (Å²) in [5.74, 6) is -3.01. The SMILES string of the molecule is NC(CS)C(=O)NCC(=O)NC(CS)C(=O)NC(Cc1ccccc1)C(=O)O. The standard InChI is InChI=1S/C17H24N4O5S2/c18-11(8-27)15(23)19-7-14(22)20-13(9-28)16(24)21-12(17(25)26)6-10-4-2-1-3-5-10/h1-5,11-13,27-28H,6-9,18H2,(H,19,23)(H,20,22)(H,21,24)(H,25,26). The van der Waals surface area contributed by atoms with Crippen molar-refractivity contribution in [2.24, 2.45) is 5.73 Å². The van der Waals surface area contributed by atoms with Crippen LogP contribution in [-0.2, 0) is 25.6 Å². The van der Waals surface area contributed by atoms with Crippen molar-refractivity contribution < 1.29 is 24.3 Å². The van der Waals surface area contributed by atoms with Crippen LogP contribution in [0.2, 0.25) is 0 Å². The Kier molecular flexibility index (Phi) is 10.4. The molecule has 6 N–H and O–H groups in total. The van der Waals surface area contributed by atoms with Crippen molar-refractivity contribution in [1.82, 2.24) is 16.0 Å². The normalized spacial score (nSPS) is 13.7. The summed E-state index contributed by atoms with van der Waals surface area (Å²) in [5.41, 5.74) is 6.21. The van der Waals surface area contributed by atoms with E-state index in [-0.39, 0.29) is 24.5 Å². The molecule has 11 heteroatoms. The number of hydrogen-bond donors (Lipinski definition) is 7. The van der Waals surface area contributed by atoms with Crippen molar-refractivity contribution in [3.63, 3.8) is 0 Å². The second-order valence-corrected chi connectivity index (χ2v) is 6.63. The number of thiol groups is 2. The molecule has 1 rings (SSSR count). The molecule has 9 nitrogen and oxygen atoms in total. The molecule has 28 heavy (non-hydrogen) atoms. The number of carbonyl (C=O) groups excluding carboxylic acids is 3.